The van der Waals surface area contributed by atoms with Crippen LogP contribution in [0.25, 0.3) is 0 Å². The van der Waals surface area contributed by atoms with E-state index in [9.17, 15) is 5.11 Å². The normalized spacial score (nSPS) is 15.9. The Balaban J connectivity index is 1.80. The molecule has 0 amide bonds. The first-order chi connectivity index (χ1) is 9.58. The zero-order valence-electron chi connectivity index (χ0n) is 12.0. The van der Waals surface area contributed by atoms with Crippen LogP contribution in [0.4, 0.5) is 0 Å². The molecule has 0 spiro atoms. The van der Waals surface area contributed by atoms with Crippen LogP contribution >= 0.6 is 0 Å². The SMILES string of the molecule is Cc1cc(C2(O)CC2)cc(C)c1OCc1ccccc1. The van der Waals surface area contributed by atoms with Gasteiger partial charge in [-0.3, -0.25) is 0 Å². The van der Waals surface area contributed by atoms with Gasteiger partial charge in [0.2, 0.25) is 0 Å². The lowest BCUT2D eigenvalue weighted by Crippen LogP contribution is -2.07. The molecule has 1 saturated carbocycles. The minimum atomic E-state index is -0.576. The lowest BCUT2D eigenvalue weighted by molar-refractivity contribution is 0.151. The van der Waals surface area contributed by atoms with Gasteiger partial charge in [0.15, 0.2) is 0 Å². The molecule has 0 aliphatic heterocycles. The number of hydrogen-bond acceptors (Lipinski definition) is 2. The number of aliphatic hydroxyl groups is 1. The van der Waals surface area contributed by atoms with Crippen LogP contribution in [0.15, 0.2) is 42.5 Å². The van der Waals surface area contributed by atoms with Gasteiger partial charge in [-0.1, -0.05) is 30.3 Å². The molecule has 0 radical (unpaired) electrons. The zero-order chi connectivity index (χ0) is 14.2. The number of benzene rings is 2. The summed E-state index contributed by atoms with van der Waals surface area (Å²) in [4.78, 5) is 0. The van der Waals surface area contributed by atoms with E-state index in [1.54, 1.807) is 0 Å². The Morgan fingerprint density at radius 3 is 2.20 bits per heavy atom. The van der Waals surface area contributed by atoms with Crippen LogP contribution in [0.5, 0.6) is 5.75 Å². The molecule has 1 aliphatic carbocycles. The smallest absolute Gasteiger partial charge is 0.125 e. The van der Waals surface area contributed by atoms with E-state index < -0.39 is 5.60 Å². The van der Waals surface area contributed by atoms with Gasteiger partial charge in [-0.25, -0.2) is 0 Å². The molecule has 104 valence electrons. The highest BCUT2D eigenvalue weighted by molar-refractivity contribution is 5.46. The summed E-state index contributed by atoms with van der Waals surface area (Å²) in [6.07, 6.45) is 1.74. The number of aryl methyl sites for hydroxylation is 2. The molecule has 0 aromatic heterocycles. The predicted octanol–water partition coefficient (Wildman–Crippen LogP) is 3.86. The summed E-state index contributed by atoms with van der Waals surface area (Å²) in [5.41, 5.74) is 3.80. The third-order valence-electron chi connectivity index (χ3n) is 3.95. The van der Waals surface area contributed by atoms with Crippen LogP contribution < -0.4 is 4.74 Å². The molecular formula is C18H20O2. The quantitative estimate of drug-likeness (QED) is 0.912. The monoisotopic (exact) mass is 268 g/mol. The summed E-state index contributed by atoms with van der Waals surface area (Å²) in [5.74, 6) is 0.932. The van der Waals surface area contributed by atoms with E-state index in [1.165, 1.54) is 0 Å². The third kappa shape index (κ3) is 2.56. The minimum absolute atomic E-state index is 0.576. The summed E-state index contributed by atoms with van der Waals surface area (Å²) < 4.78 is 5.96. The lowest BCUT2D eigenvalue weighted by atomic mass is 10.0. The van der Waals surface area contributed by atoms with Crippen molar-refractivity contribution >= 4 is 0 Å². The topological polar surface area (TPSA) is 29.5 Å². The van der Waals surface area contributed by atoms with Gasteiger partial charge in [0, 0.05) is 0 Å². The first-order valence-corrected chi connectivity index (χ1v) is 7.09. The van der Waals surface area contributed by atoms with Gasteiger partial charge >= 0.3 is 0 Å². The zero-order valence-corrected chi connectivity index (χ0v) is 12.0. The van der Waals surface area contributed by atoms with E-state index in [-0.39, 0.29) is 0 Å². The molecular weight excluding hydrogens is 248 g/mol. The molecule has 1 aliphatic rings. The molecule has 3 rings (SSSR count). The number of rotatable bonds is 4. The molecule has 2 heteroatoms. The van der Waals surface area contributed by atoms with E-state index in [4.69, 9.17) is 4.74 Å². The summed E-state index contributed by atoms with van der Waals surface area (Å²) in [7, 11) is 0. The maximum atomic E-state index is 10.2. The van der Waals surface area contributed by atoms with Gasteiger partial charge in [0.05, 0.1) is 5.60 Å². The van der Waals surface area contributed by atoms with Crippen molar-refractivity contribution in [2.24, 2.45) is 0 Å². The van der Waals surface area contributed by atoms with E-state index in [1.807, 2.05) is 32.0 Å². The van der Waals surface area contributed by atoms with Crippen molar-refractivity contribution < 1.29 is 9.84 Å². The average Bonchev–Trinajstić information content (AvgIpc) is 3.18. The highest BCUT2D eigenvalue weighted by atomic mass is 16.5. The molecule has 0 unspecified atom stereocenters. The molecule has 2 nitrogen and oxygen atoms in total. The van der Waals surface area contributed by atoms with Crippen LogP contribution in [0, 0.1) is 13.8 Å². The Bertz CT molecular complexity index is 590. The third-order valence-corrected chi connectivity index (χ3v) is 3.95. The average molecular weight is 268 g/mol. The maximum Gasteiger partial charge on any atom is 0.125 e. The van der Waals surface area contributed by atoms with E-state index >= 15 is 0 Å². The Morgan fingerprint density at radius 1 is 1.05 bits per heavy atom. The summed E-state index contributed by atoms with van der Waals surface area (Å²) in [5, 5.41) is 10.2. The standard InChI is InChI=1S/C18H20O2/c1-13-10-16(18(19)8-9-18)11-14(2)17(13)20-12-15-6-4-3-5-7-15/h3-7,10-11,19H,8-9,12H2,1-2H3. The molecule has 0 saturated heterocycles. The molecule has 20 heavy (non-hydrogen) atoms. The van der Waals surface area contributed by atoms with Crippen molar-refractivity contribution in [2.75, 3.05) is 0 Å². The summed E-state index contributed by atoms with van der Waals surface area (Å²) >= 11 is 0. The van der Waals surface area contributed by atoms with E-state index in [0.717, 1.165) is 40.8 Å². The maximum absolute atomic E-state index is 10.2. The van der Waals surface area contributed by atoms with Crippen molar-refractivity contribution in [3.05, 3.63) is 64.7 Å². The molecule has 0 atom stereocenters. The Labute approximate surface area is 120 Å². The van der Waals surface area contributed by atoms with Crippen molar-refractivity contribution in [1.29, 1.82) is 0 Å². The van der Waals surface area contributed by atoms with Gasteiger partial charge in [-0.2, -0.15) is 0 Å². The first kappa shape index (κ1) is 13.2. The van der Waals surface area contributed by atoms with Gasteiger partial charge in [0.25, 0.3) is 0 Å². The van der Waals surface area contributed by atoms with Crippen LogP contribution in [-0.4, -0.2) is 5.11 Å². The Hall–Kier alpha value is -1.80. The Kier molecular flexibility index (Phi) is 3.27. The molecule has 2 aromatic rings. The fourth-order valence-electron chi connectivity index (χ4n) is 2.58. The number of hydrogen-bond donors (Lipinski definition) is 1. The molecule has 0 heterocycles. The molecule has 0 bridgehead atoms. The van der Waals surface area contributed by atoms with Gasteiger partial charge in [0.1, 0.15) is 12.4 Å². The van der Waals surface area contributed by atoms with Crippen LogP contribution in [0.1, 0.15) is 35.1 Å². The van der Waals surface area contributed by atoms with E-state index in [0.29, 0.717) is 6.61 Å². The fraction of sp³-hybridized carbons (Fsp3) is 0.333. The highest BCUT2D eigenvalue weighted by Crippen LogP contribution is 2.46. The number of ether oxygens (including phenoxy) is 1. The molecule has 1 N–H and O–H groups in total. The largest absolute Gasteiger partial charge is 0.488 e. The minimum Gasteiger partial charge on any atom is -0.488 e. The van der Waals surface area contributed by atoms with Crippen molar-refractivity contribution in [3.8, 4) is 5.75 Å². The second kappa shape index (κ2) is 4.95. The molecule has 1 fully saturated rings. The second-order valence-corrected chi connectivity index (χ2v) is 5.75. The molecule has 2 aromatic carbocycles. The second-order valence-electron chi connectivity index (χ2n) is 5.75. The van der Waals surface area contributed by atoms with Gasteiger partial charge < -0.3 is 9.84 Å². The van der Waals surface area contributed by atoms with Gasteiger partial charge in [-0.15, -0.1) is 0 Å². The Morgan fingerprint density at radius 2 is 1.65 bits per heavy atom. The predicted molar refractivity (Wildman–Crippen MR) is 79.8 cm³/mol. The van der Waals surface area contributed by atoms with Crippen molar-refractivity contribution in [1.82, 2.24) is 0 Å². The van der Waals surface area contributed by atoms with Gasteiger partial charge in [-0.05, 0) is 61.1 Å². The fourth-order valence-corrected chi connectivity index (χ4v) is 2.58. The van der Waals surface area contributed by atoms with Crippen LogP contribution in [-0.2, 0) is 12.2 Å². The summed E-state index contributed by atoms with van der Waals surface area (Å²) in [6, 6.07) is 14.3. The van der Waals surface area contributed by atoms with Crippen molar-refractivity contribution in [2.45, 2.75) is 38.9 Å². The first-order valence-electron chi connectivity index (χ1n) is 7.09. The highest BCUT2D eigenvalue weighted by Gasteiger charge is 2.42. The van der Waals surface area contributed by atoms with Crippen LogP contribution in [0.2, 0.25) is 0 Å². The summed E-state index contributed by atoms with van der Waals surface area (Å²) in [6.45, 7) is 4.66. The lowest BCUT2D eigenvalue weighted by Gasteiger charge is -2.16. The van der Waals surface area contributed by atoms with E-state index in [2.05, 4.69) is 24.3 Å². The van der Waals surface area contributed by atoms with Crippen molar-refractivity contribution in [3.63, 3.8) is 0 Å². The van der Waals surface area contributed by atoms with Crippen LogP contribution in [0.3, 0.4) is 0 Å².